The van der Waals surface area contributed by atoms with Gasteiger partial charge in [0.1, 0.15) is 5.75 Å². The Labute approximate surface area is 165 Å². The Hall–Kier alpha value is -2.70. The number of rotatable bonds is 3. The van der Waals surface area contributed by atoms with E-state index in [0.29, 0.717) is 23.4 Å². The normalized spacial score (nSPS) is 15.9. The van der Waals surface area contributed by atoms with Gasteiger partial charge >= 0.3 is 0 Å². The fourth-order valence-corrected chi connectivity index (χ4v) is 3.27. The lowest BCUT2D eigenvalue weighted by Gasteiger charge is -2.21. The van der Waals surface area contributed by atoms with Gasteiger partial charge in [-0.05, 0) is 25.6 Å². The molecule has 6 nitrogen and oxygen atoms in total. The molecule has 1 fully saturated rings. The Morgan fingerprint density at radius 2 is 1.61 bits per heavy atom. The minimum absolute atomic E-state index is 0.0970. The van der Waals surface area contributed by atoms with Gasteiger partial charge in [0, 0.05) is 36.4 Å². The number of carbonyl (C=O) groups is 2. The van der Waals surface area contributed by atoms with Gasteiger partial charge in [-0.2, -0.15) is 0 Å². The number of nitrogens with one attached hydrogen (secondary N) is 1. The summed E-state index contributed by atoms with van der Waals surface area (Å²) in [6, 6.07) is 9.80. The molecular weight excluding hydrogens is 356 g/mol. The lowest BCUT2D eigenvalue weighted by Crippen LogP contribution is -2.32. The highest BCUT2D eigenvalue weighted by molar-refractivity contribution is 6.31. The summed E-state index contributed by atoms with van der Waals surface area (Å²) in [5, 5.41) is 13.2. The third-order valence-electron chi connectivity index (χ3n) is 4.85. The third-order valence-corrected chi connectivity index (χ3v) is 4.85. The Morgan fingerprint density at radius 1 is 1.00 bits per heavy atom. The summed E-state index contributed by atoms with van der Waals surface area (Å²) in [4.78, 5) is 27.5. The summed E-state index contributed by atoms with van der Waals surface area (Å²) >= 11 is 0. The maximum absolute atomic E-state index is 12.7. The molecule has 4 rings (SSSR count). The minimum atomic E-state index is -0.308. The van der Waals surface area contributed by atoms with E-state index in [1.807, 2.05) is 6.92 Å². The van der Waals surface area contributed by atoms with Gasteiger partial charge in [-0.3, -0.25) is 9.59 Å². The van der Waals surface area contributed by atoms with Gasteiger partial charge < -0.3 is 20.1 Å². The van der Waals surface area contributed by atoms with Crippen LogP contribution in [0.2, 0.25) is 0 Å². The maximum Gasteiger partial charge on any atom is 0.198 e. The average molecular weight is 382 g/mol. The molecule has 0 radical (unpaired) electrons. The summed E-state index contributed by atoms with van der Waals surface area (Å²) in [5.41, 5.74) is 1.70. The predicted molar refractivity (Wildman–Crippen MR) is 109 cm³/mol. The Morgan fingerprint density at radius 3 is 2.14 bits per heavy atom. The molecule has 2 aromatic rings. The number of aromatic hydroxyl groups is 1. The predicted octanol–water partition coefficient (Wildman–Crippen LogP) is 2.94. The van der Waals surface area contributed by atoms with Crippen LogP contribution in [-0.4, -0.2) is 61.5 Å². The van der Waals surface area contributed by atoms with E-state index in [1.54, 1.807) is 30.3 Å². The summed E-state index contributed by atoms with van der Waals surface area (Å²) in [7, 11) is 2.11. The van der Waals surface area contributed by atoms with Crippen molar-refractivity contribution in [2.24, 2.45) is 0 Å². The second-order valence-electron chi connectivity index (χ2n) is 6.93. The standard InChI is InChI=1S/C17H15NO3.C5H11NO/c1-2-9-18-12-7-8-13(19)15-14(12)16(20)10-5-3-4-6-11(10)17(15)21;1-6-2-4-7-5-3-6/h3-8,18-19H,2,9H2,1H3;2-5H2,1H3. The molecule has 28 heavy (non-hydrogen) atoms. The second kappa shape index (κ2) is 8.99. The number of ketones is 2. The van der Waals surface area contributed by atoms with E-state index in [2.05, 4.69) is 17.3 Å². The highest BCUT2D eigenvalue weighted by atomic mass is 16.5. The van der Waals surface area contributed by atoms with E-state index in [4.69, 9.17) is 4.74 Å². The molecule has 1 aliphatic carbocycles. The first kappa shape index (κ1) is 20.0. The van der Waals surface area contributed by atoms with Crippen molar-refractivity contribution in [1.82, 2.24) is 4.90 Å². The lowest BCUT2D eigenvalue weighted by molar-refractivity contribution is 0.0503. The number of carbonyl (C=O) groups excluding carboxylic acids is 2. The highest BCUT2D eigenvalue weighted by Crippen LogP contribution is 2.36. The van der Waals surface area contributed by atoms with Crippen LogP contribution in [0.15, 0.2) is 36.4 Å². The van der Waals surface area contributed by atoms with Gasteiger partial charge in [-0.1, -0.05) is 31.2 Å². The number of phenolic OH excluding ortho intramolecular Hbond substituents is 1. The number of nitrogens with zero attached hydrogens (tertiary/aromatic N) is 1. The van der Waals surface area contributed by atoms with Crippen LogP contribution in [0.25, 0.3) is 0 Å². The number of phenols is 1. The van der Waals surface area contributed by atoms with Crippen LogP contribution in [0, 0.1) is 0 Å². The summed E-state index contributed by atoms with van der Waals surface area (Å²) in [6.07, 6.45) is 0.897. The van der Waals surface area contributed by atoms with Crippen LogP contribution < -0.4 is 5.32 Å². The van der Waals surface area contributed by atoms with Crippen molar-refractivity contribution < 1.29 is 19.4 Å². The molecular formula is C22H26N2O4. The van der Waals surface area contributed by atoms with Crippen molar-refractivity contribution in [3.05, 3.63) is 58.7 Å². The largest absolute Gasteiger partial charge is 0.507 e. The third kappa shape index (κ3) is 4.08. The fraction of sp³-hybridized carbons (Fsp3) is 0.364. The maximum atomic E-state index is 12.7. The van der Waals surface area contributed by atoms with Crippen molar-refractivity contribution in [2.75, 3.05) is 45.2 Å². The molecule has 0 amide bonds. The summed E-state index contributed by atoms with van der Waals surface area (Å²) < 4.78 is 5.10. The molecule has 2 aliphatic rings. The molecule has 2 aromatic carbocycles. The van der Waals surface area contributed by atoms with Gasteiger partial charge in [0.25, 0.3) is 0 Å². The monoisotopic (exact) mass is 382 g/mol. The first-order chi connectivity index (χ1) is 13.5. The number of fused-ring (bicyclic) bond motifs is 2. The van der Waals surface area contributed by atoms with Crippen molar-refractivity contribution in [1.29, 1.82) is 0 Å². The number of ether oxygens (including phenoxy) is 1. The van der Waals surface area contributed by atoms with Crippen LogP contribution in [0.4, 0.5) is 5.69 Å². The van der Waals surface area contributed by atoms with Crippen molar-refractivity contribution in [3.8, 4) is 5.75 Å². The molecule has 0 bridgehead atoms. The quantitative estimate of drug-likeness (QED) is 0.678. The average Bonchev–Trinajstić information content (AvgIpc) is 2.72. The van der Waals surface area contributed by atoms with Crippen LogP contribution in [-0.2, 0) is 4.74 Å². The first-order valence-electron chi connectivity index (χ1n) is 9.59. The Balaban J connectivity index is 0.000000271. The molecule has 2 N–H and O–H groups in total. The van der Waals surface area contributed by atoms with Crippen LogP contribution in [0.1, 0.15) is 45.2 Å². The number of hydrogen-bond acceptors (Lipinski definition) is 6. The number of benzene rings is 2. The van der Waals surface area contributed by atoms with Gasteiger partial charge in [0.2, 0.25) is 0 Å². The number of hydrogen-bond donors (Lipinski definition) is 2. The van der Waals surface area contributed by atoms with Crippen molar-refractivity contribution in [3.63, 3.8) is 0 Å². The van der Waals surface area contributed by atoms with E-state index in [0.717, 1.165) is 32.7 Å². The number of likely N-dealkylation sites (N-methyl/N-ethyl adjacent to an activating group) is 1. The summed E-state index contributed by atoms with van der Waals surface area (Å²) in [5.74, 6) is -0.688. The number of anilines is 1. The fourth-order valence-electron chi connectivity index (χ4n) is 3.27. The minimum Gasteiger partial charge on any atom is -0.507 e. The molecule has 6 heteroatoms. The highest BCUT2D eigenvalue weighted by Gasteiger charge is 2.33. The van der Waals surface area contributed by atoms with Crippen LogP contribution >= 0.6 is 0 Å². The molecule has 0 spiro atoms. The van der Waals surface area contributed by atoms with Gasteiger partial charge in [0.05, 0.1) is 24.3 Å². The molecule has 0 unspecified atom stereocenters. The molecule has 1 aliphatic heterocycles. The second-order valence-corrected chi connectivity index (χ2v) is 6.93. The van der Waals surface area contributed by atoms with Gasteiger partial charge in [-0.25, -0.2) is 0 Å². The van der Waals surface area contributed by atoms with Crippen LogP contribution in [0.5, 0.6) is 5.75 Å². The molecule has 0 saturated carbocycles. The zero-order valence-electron chi connectivity index (χ0n) is 16.3. The number of morpholine rings is 1. The van der Waals surface area contributed by atoms with Gasteiger partial charge in [0.15, 0.2) is 11.6 Å². The van der Waals surface area contributed by atoms with Crippen molar-refractivity contribution in [2.45, 2.75) is 13.3 Å². The summed E-state index contributed by atoms with van der Waals surface area (Å²) in [6.45, 7) is 6.73. The zero-order valence-corrected chi connectivity index (χ0v) is 16.3. The molecule has 0 atom stereocenters. The topological polar surface area (TPSA) is 78.9 Å². The van der Waals surface area contributed by atoms with Crippen molar-refractivity contribution >= 4 is 17.3 Å². The van der Waals surface area contributed by atoms with Crippen LogP contribution in [0.3, 0.4) is 0 Å². The van der Waals surface area contributed by atoms with E-state index in [1.165, 1.54) is 6.07 Å². The Bertz CT molecular complexity index is 873. The van der Waals surface area contributed by atoms with E-state index >= 15 is 0 Å². The SMILES string of the molecule is CCCNc1ccc(O)c2c1C(=O)c1ccccc1C2=O.CN1CCOCC1. The molecule has 1 heterocycles. The Kier molecular flexibility index (Phi) is 6.44. The van der Waals surface area contributed by atoms with E-state index in [9.17, 15) is 14.7 Å². The van der Waals surface area contributed by atoms with E-state index < -0.39 is 0 Å². The smallest absolute Gasteiger partial charge is 0.198 e. The van der Waals surface area contributed by atoms with E-state index in [-0.39, 0.29) is 28.4 Å². The molecule has 1 saturated heterocycles. The lowest BCUT2D eigenvalue weighted by atomic mass is 9.82. The first-order valence-corrected chi connectivity index (χ1v) is 9.59. The molecule has 0 aromatic heterocycles. The van der Waals surface area contributed by atoms with Gasteiger partial charge in [-0.15, -0.1) is 0 Å². The molecule has 148 valence electrons. The zero-order chi connectivity index (χ0) is 20.1.